The van der Waals surface area contributed by atoms with E-state index < -0.39 is 12.3 Å². The Balaban J connectivity index is 1.94. The monoisotopic (exact) mass is 319 g/mol. The Morgan fingerprint density at radius 3 is 2.72 bits per heavy atom. The van der Waals surface area contributed by atoms with Crippen LogP contribution in [0.2, 0.25) is 0 Å². The molecule has 0 amide bonds. The van der Waals surface area contributed by atoms with Gasteiger partial charge in [0.15, 0.2) is 0 Å². The summed E-state index contributed by atoms with van der Waals surface area (Å²) in [4.78, 5) is 2.01. The number of aromatic nitrogens is 2. The smallest absolute Gasteiger partial charge is 0.125 e. The van der Waals surface area contributed by atoms with Crippen molar-refractivity contribution in [1.29, 1.82) is 0 Å². The summed E-state index contributed by atoms with van der Waals surface area (Å²) in [6.45, 7) is 3.76. The van der Waals surface area contributed by atoms with E-state index in [2.05, 4.69) is 28.0 Å². The standard InChI is InChI=1S/C12H19BrFN3O/c1-3-9-11(13)12(15-16(9)2)10(18)4-5-17-6-8(14)7-17/h8,10,18H,3-7H2,1-2H3. The van der Waals surface area contributed by atoms with E-state index in [1.54, 1.807) is 4.68 Å². The maximum Gasteiger partial charge on any atom is 0.125 e. The fourth-order valence-electron chi connectivity index (χ4n) is 2.28. The number of nitrogens with zero attached hydrogens (tertiary/aromatic N) is 3. The zero-order chi connectivity index (χ0) is 13.3. The van der Waals surface area contributed by atoms with E-state index in [1.165, 1.54) is 0 Å². The predicted molar refractivity (Wildman–Crippen MR) is 71.2 cm³/mol. The normalized spacial score (nSPS) is 18.9. The predicted octanol–water partition coefficient (Wildman–Crippen LogP) is 1.82. The molecular weight excluding hydrogens is 301 g/mol. The summed E-state index contributed by atoms with van der Waals surface area (Å²) in [6, 6.07) is 0. The molecule has 6 heteroatoms. The first-order chi connectivity index (χ1) is 8.52. The van der Waals surface area contributed by atoms with Crippen molar-refractivity contribution in [1.82, 2.24) is 14.7 Å². The van der Waals surface area contributed by atoms with E-state index in [0.29, 0.717) is 31.7 Å². The highest BCUT2D eigenvalue weighted by Gasteiger charge is 2.27. The maximum absolute atomic E-state index is 12.7. The number of aryl methyl sites for hydroxylation is 1. The first kappa shape index (κ1) is 14.0. The highest BCUT2D eigenvalue weighted by Crippen LogP contribution is 2.28. The van der Waals surface area contributed by atoms with Crippen LogP contribution in [0.4, 0.5) is 4.39 Å². The molecule has 1 aromatic rings. The Labute approximate surface area is 115 Å². The Hall–Kier alpha value is -0.460. The molecule has 1 aliphatic heterocycles. The largest absolute Gasteiger partial charge is 0.387 e. The lowest BCUT2D eigenvalue weighted by Crippen LogP contribution is -2.48. The van der Waals surface area contributed by atoms with Crippen LogP contribution >= 0.6 is 15.9 Å². The van der Waals surface area contributed by atoms with Crippen LogP contribution in [0.3, 0.4) is 0 Å². The van der Waals surface area contributed by atoms with Gasteiger partial charge in [-0.2, -0.15) is 5.10 Å². The summed E-state index contributed by atoms with van der Waals surface area (Å²) < 4.78 is 15.3. The van der Waals surface area contributed by atoms with Crippen LogP contribution in [0.5, 0.6) is 0 Å². The van der Waals surface area contributed by atoms with Gasteiger partial charge in [-0.1, -0.05) is 6.92 Å². The third kappa shape index (κ3) is 2.75. The van der Waals surface area contributed by atoms with Gasteiger partial charge in [-0.25, -0.2) is 4.39 Å². The molecule has 1 fully saturated rings. The lowest BCUT2D eigenvalue weighted by Gasteiger charge is -2.34. The van der Waals surface area contributed by atoms with Crippen LogP contribution in [0.25, 0.3) is 0 Å². The SMILES string of the molecule is CCc1c(Br)c(C(O)CCN2CC(F)C2)nn1C. The van der Waals surface area contributed by atoms with Crippen LogP contribution in [0.15, 0.2) is 4.47 Å². The Kier molecular flexibility index (Phi) is 4.40. The van der Waals surface area contributed by atoms with Crippen LogP contribution in [-0.4, -0.2) is 45.6 Å². The molecule has 1 saturated heterocycles. The summed E-state index contributed by atoms with van der Waals surface area (Å²) >= 11 is 3.49. The number of hydrogen-bond donors (Lipinski definition) is 1. The number of alkyl halides is 1. The lowest BCUT2D eigenvalue weighted by molar-refractivity contribution is 0.0476. The van der Waals surface area contributed by atoms with Crippen molar-refractivity contribution in [3.63, 3.8) is 0 Å². The van der Waals surface area contributed by atoms with E-state index >= 15 is 0 Å². The molecule has 1 aromatic heterocycles. The molecule has 2 heterocycles. The van der Waals surface area contributed by atoms with Gasteiger partial charge in [-0.15, -0.1) is 0 Å². The van der Waals surface area contributed by atoms with Gasteiger partial charge in [0.1, 0.15) is 18.0 Å². The molecule has 0 aliphatic carbocycles. The second-order valence-corrected chi connectivity index (χ2v) is 5.58. The van der Waals surface area contributed by atoms with Crippen molar-refractivity contribution in [2.45, 2.75) is 32.0 Å². The number of aliphatic hydroxyl groups is 1. The van der Waals surface area contributed by atoms with Gasteiger partial charge in [0.2, 0.25) is 0 Å². The minimum atomic E-state index is -0.685. The third-order valence-electron chi connectivity index (χ3n) is 3.41. The highest BCUT2D eigenvalue weighted by molar-refractivity contribution is 9.10. The van der Waals surface area contributed by atoms with E-state index in [1.807, 2.05) is 11.9 Å². The number of rotatable bonds is 5. The summed E-state index contributed by atoms with van der Waals surface area (Å²) in [5.41, 5.74) is 1.77. The van der Waals surface area contributed by atoms with Crippen molar-refractivity contribution < 1.29 is 9.50 Å². The van der Waals surface area contributed by atoms with E-state index in [9.17, 15) is 9.50 Å². The first-order valence-corrected chi connectivity index (χ1v) is 7.08. The fourth-order valence-corrected chi connectivity index (χ4v) is 3.16. The van der Waals surface area contributed by atoms with Gasteiger partial charge in [0, 0.05) is 26.7 Å². The van der Waals surface area contributed by atoms with E-state index in [0.717, 1.165) is 16.6 Å². The highest BCUT2D eigenvalue weighted by atomic mass is 79.9. The van der Waals surface area contributed by atoms with Crippen LogP contribution in [0.1, 0.15) is 30.8 Å². The molecule has 0 aromatic carbocycles. The number of hydrogen-bond acceptors (Lipinski definition) is 3. The molecule has 1 aliphatic rings. The van der Waals surface area contributed by atoms with Crippen molar-refractivity contribution in [3.8, 4) is 0 Å². The Morgan fingerprint density at radius 1 is 1.56 bits per heavy atom. The van der Waals surface area contributed by atoms with E-state index in [-0.39, 0.29) is 0 Å². The molecule has 102 valence electrons. The second kappa shape index (κ2) is 5.67. The van der Waals surface area contributed by atoms with Gasteiger partial charge in [0.05, 0.1) is 10.2 Å². The second-order valence-electron chi connectivity index (χ2n) is 4.78. The molecule has 0 radical (unpaired) electrons. The molecule has 0 saturated carbocycles. The zero-order valence-corrected chi connectivity index (χ0v) is 12.3. The average molecular weight is 320 g/mol. The minimum absolute atomic E-state index is 0.496. The van der Waals surface area contributed by atoms with Crippen molar-refractivity contribution in [3.05, 3.63) is 15.9 Å². The molecule has 18 heavy (non-hydrogen) atoms. The topological polar surface area (TPSA) is 41.3 Å². The molecule has 0 bridgehead atoms. The van der Waals surface area contributed by atoms with Gasteiger partial charge in [0.25, 0.3) is 0 Å². The summed E-state index contributed by atoms with van der Waals surface area (Å²) in [5, 5.41) is 14.5. The average Bonchev–Trinajstić information content (AvgIpc) is 2.58. The quantitative estimate of drug-likeness (QED) is 0.900. The molecule has 0 spiro atoms. The van der Waals surface area contributed by atoms with Gasteiger partial charge < -0.3 is 5.11 Å². The maximum atomic E-state index is 12.7. The van der Waals surface area contributed by atoms with Gasteiger partial charge in [-0.3, -0.25) is 9.58 Å². The van der Waals surface area contributed by atoms with E-state index in [4.69, 9.17) is 0 Å². The zero-order valence-electron chi connectivity index (χ0n) is 10.7. The number of likely N-dealkylation sites (tertiary alicyclic amines) is 1. The summed E-state index contributed by atoms with van der Waals surface area (Å²) in [5.74, 6) is 0. The van der Waals surface area contributed by atoms with Gasteiger partial charge in [-0.05, 0) is 28.8 Å². The molecule has 1 N–H and O–H groups in total. The van der Waals surface area contributed by atoms with Crippen molar-refractivity contribution in [2.24, 2.45) is 7.05 Å². The minimum Gasteiger partial charge on any atom is -0.387 e. The van der Waals surface area contributed by atoms with Crippen LogP contribution < -0.4 is 0 Å². The lowest BCUT2D eigenvalue weighted by atomic mass is 10.1. The summed E-state index contributed by atoms with van der Waals surface area (Å²) in [7, 11) is 1.88. The van der Waals surface area contributed by atoms with Gasteiger partial charge >= 0.3 is 0 Å². The molecule has 2 rings (SSSR count). The molecule has 4 nitrogen and oxygen atoms in total. The Morgan fingerprint density at radius 2 is 2.22 bits per heavy atom. The first-order valence-electron chi connectivity index (χ1n) is 6.28. The van der Waals surface area contributed by atoms with Crippen LogP contribution in [0, 0.1) is 0 Å². The fraction of sp³-hybridized carbons (Fsp3) is 0.750. The van der Waals surface area contributed by atoms with Crippen molar-refractivity contribution in [2.75, 3.05) is 19.6 Å². The molecule has 1 atom stereocenters. The summed E-state index contributed by atoms with van der Waals surface area (Å²) in [6.07, 6.45) is 0.178. The number of aliphatic hydroxyl groups excluding tert-OH is 1. The van der Waals surface area contributed by atoms with Crippen LogP contribution in [-0.2, 0) is 13.5 Å². The third-order valence-corrected chi connectivity index (χ3v) is 4.27. The Bertz CT molecular complexity index is 418. The molecular formula is C12H19BrFN3O. The molecule has 1 unspecified atom stereocenters. The van der Waals surface area contributed by atoms with Crippen molar-refractivity contribution >= 4 is 15.9 Å². The number of halogens is 2.